The molecule has 3 nitrogen and oxygen atoms in total. The second kappa shape index (κ2) is 9.87. The van der Waals surface area contributed by atoms with E-state index in [4.69, 9.17) is 0 Å². The Labute approximate surface area is 120 Å². The smallest absolute Gasteiger partial charge is 0.251 e. The molecule has 0 radical (unpaired) electrons. The number of unbranched alkanes of at least 4 members (excludes halogenated alkanes) is 2. The second-order valence-corrected chi connectivity index (χ2v) is 5.49. The third kappa shape index (κ3) is 6.64. The summed E-state index contributed by atoms with van der Waals surface area (Å²) in [4.78, 5) is 11.4. The standard InChI is InChI=1S/C15H24N2OS/c1-16-15(18)14-8-6-13(7-9-14)12-17-10-4-3-5-11-19-2/h6-9,17H,3-5,10-12H2,1-2H3,(H,16,18). The lowest BCUT2D eigenvalue weighted by Gasteiger charge is -2.06. The maximum atomic E-state index is 11.4. The summed E-state index contributed by atoms with van der Waals surface area (Å²) in [6, 6.07) is 7.75. The number of amides is 1. The second-order valence-electron chi connectivity index (χ2n) is 4.51. The molecular weight excluding hydrogens is 256 g/mol. The molecule has 2 N–H and O–H groups in total. The molecule has 0 saturated heterocycles. The van der Waals surface area contributed by atoms with Crippen LogP contribution in [0.3, 0.4) is 0 Å². The van der Waals surface area contributed by atoms with Crippen LogP contribution >= 0.6 is 11.8 Å². The van der Waals surface area contributed by atoms with Crippen molar-refractivity contribution in [2.75, 3.05) is 25.6 Å². The van der Waals surface area contributed by atoms with E-state index in [0.29, 0.717) is 5.56 Å². The first kappa shape index (κ1) is 16.1. The fourth-order valence-corrected chi connectivity index (χ4v) is 2.32. The summed E-state index contributed by atoms with van der Waals surface area (Å²) in [6.07, 6.45) is 5.99. The maximum absolute atomic E-state index is 11.4. The summed E-state index contributed by atoms with van der Waals surface area (Å²) in [5.74, 6) is 1.23. The van der Waals surface area contributed by atoms with Crippen molar-refractivity contribution in [3.05, 3.63) is 35.4 Å². The van der Waals surface area contributed by atoms with Crippen molar-refractivity contribution in [3.8, 4) is 0 Å². The van der Waals surface area contributed by atoms with E-state index in [1.807, 2.05) is 36.0 Å². The Morgan fingerprint density at radius 3 is 2.53 bits per heavy atom. The van der Waals surface area contributed by atoms with Gasteiger partial charge in [0.2, 0.25) is 0 Å². The largest absolute Gasteiger partial charge is 0.355 e. The van der Waals surface area contributed by atoms with Crippen LogP contribution < -0.4 is 10.6 Å². The number of carbonyl (C=O) groups is 1. The van der Waals surface area contributed by atoms with Crippen LogP contribution in [0.4, 0.5) is 0 Å². The lowest BCUT2D eigenvalue weighted by Crippen LogP contribution is -2.18. The minimum absolute atomic E-state index is 0.0340. The molecule has 1 aromatic rings. The van der Waals surface area contributed by atoms with Crippen LogP contribution in [0, 0.1) is 0 Å². The first-order valence-corrected chi connectivity index (χ1v) is 8.18. The van der Waals surface area contributed by atoms with Crippen LogP contribution in [0.15, 0.2) is 24.3 Å². The maximum Gasteiger partial charge on any atom is 0.251 e. The molecule has 1 amide bonds. The van der Waals surface area contributed by atoms with Gasteiger partial charge in [0, 0.05) is 19.2 Å². The summed E-state index contributed by atoms with van der Waals surface area (Å²) < 4.78 is 0. The molecule has 0 aliphatic rings. The van der Waals surface area contributed by atoms with Gasteiger partial charge in [-0.05, 0) is 49.1 Å². The van der Waals surface area contributed by atoms with Gasteiger partial charge < -0.3 is 10.6 Å². The minimum atomic E-state index is -0.0340. The molecule has 106 valence electrons. The molecule has 0 aromatic heterocycles. The van der Waals surface area contributed by atoms with Crippen LogP contribution in [0.5, 0.6) is 0 Å². The number of carbonyl (C=O) groups excluding carboxylic acids is 1. The van der Waals surface area contributed by atoms with Gasteiger partial charge in [-0.2, -0.15) is 11.8 Å². The Hall–Kier alpha value is -1.00. The van der Waals surface area contributed by atoms with Crippen molar-refractivity contribution in [2.45, 2.75) is 25.8 Å². The number of benzene rings is 1. The van der Waals surface area contributed by atoms with Crippen molar-refractivity contribution in [2.24, 2.45) is 0 Å². The zero-order chi connectivity index (χ0) is 13.9. The highest BCUT2D eigenvalue weighted by Crippen LogP contribution is 2.05. The van der Waals surface area contributed by atoms with Crippen molar-refractivity contribution in [1.29, 1.82) is 0 Å². The van der Waals surface area contributed by atoms with E-state index in [-0.39, 0.29) is 5.91 Å². The highest BCUT2D eigenvalue weighted by molar-refractivity contribution is 7.98. The van der Waals surface area contributed by atoms with Gasteiger partial charge in [-0.15, -0.1) is 0 Å². The third-order valence-corrected chi connectivity index (χ3v) is 3.67. The fourth-order valence-electron chi connectivity index (χ4n) is 1.82. The minimum Gasteiger partial charge on any atom is -0.355 e. The Morgan fingerprint density at radius 2 is 1.89 bits per heavy atom. The normalized spacial score (nSPS) is 10.4. The van der Waals surface area contributed by atoms with Crippen LogP contribution in [0.1, 0.15) is 35.2 Å². The number of hydrogen-bond acceptors (Lipinski definition) is 3. The van der Waals surface area contributed by atoms with E-state index in [9.17, 15) is 4.79 Å². The molecule has 0 unspecified atom stereocenters. The van der Waals surface area contributed by atoms with Crippen LogP contribution in [0.25, 0.3) is 0 Å². The highest BCUT2D eigenvalue weighted by Gasteiger charge is 2.01. The molecule has 0 spiro atoms. The number of hydrogen-bond donors (Lipinski definition) is 2. The van der Waals surface area contributed by atoms with E-state index in [1.54, 1.807) is 7.05 Å². The van der Waals surface area contributed by atoms with E-state index in [1.165, 1.54) is 30.6 Å². The van der Waals surface area contributed by atoms with E-state index in [0.717, 1.165) is 13.1 Å². The van der Waals surface area contributed by atoms with Crippen molar-refractivity contribution >= 4 is 17.7 Å². The Balaban J connectivity index is 2.18. The summed E-state index contributed by atoms with van der Waals surface area (Å²) in [5.41, 5.74) is 1.93. The number of thioether (sulfide) groups is 1. The Morgan fingerprint density at radius 1 is 1.16 bits per heavy atom. The average molecular weight is 280 g/mol. The molecule has 4 heteroatoms. The van der Waals surface area contributed by atoms with Crippen molar-refractivity contribution < 1.29 is 4.79 Å². The number of nitrogens with one attached hydrogen (secondary N) is 2. The van der Waals surface area contributed by atoms with Gasteiger partial charge in [-0.3, -0.25) is 4.79 Å². The van der Waals surface area contributed by atoms with Gasteiger partial charge in [0.25, 0.3) is 5.91 Å². The average Bonchev–Trinajstić information content (AvgIpc) is 2.46. The quantitative estimate of drug-likeness (QED) is 0.683. The Kier molecular flexibility index (Phi) is 8.34. The summed E-state index contributed by atoms with van der Waals surface area (Å²) in [6.45, 7) is 1.93. The molecule has 1 aromatic carbocycles. The van der Waals surface area contributed by atoms with Gasteiger partial charge in [0.05, 0.1) is 0 Å². The van der Waals surface area contributed by atoms with Crippen molar-refractivity contribution in [3.63, 3.8) is 0 Å². The summed E-state index contributed by atoms with van der Waals surface area (Å²) in [5, 5.41) is 6.05. The zero-order valence-corrected chi connectivity index (χ0v) is 12.7. The lowest BCUT2D eigenvalue weighted by atomic mass is 10.1. The van der Waals surface area contributed by atoms with Crippen LogP contribution in [-0.2, 0) is 6.54 Å². The lowest BCUT2D eigenvalue weighted by molar-refractivity contribution is 0.0963. The zero-order valence-electron chi connectivity index (χ0n) is 11.9. The fraction of sp³-hybridized carbons (Fsp3) is 0.533. The molecule has 0 fully saturated rings. The van der Waals surface area contributed by atoms with Gasteiger partial charge >= 0.3 is 0 Å². The summed E-state index contributed by atoms with van der Waals surface area (Å²) in [7, 11) is 1.65. The van der Waals surface area contributed by atoms with Gasteiger partial charge in [0.1, 0.15) is 0 Å². The molecule has 0 bridgehead atoms. The predicted octanol–water partition coefficient (Wildman–Crippen LogP) is 2.67. The molecular formula is C15H24N2OS. The number of rotatable bonds is 9. The van der Waals surface area contributed by atoms with Crippen LogP contribution in [0.2, 0.25) is 0 Å². The highest BCUT2D eigenvalue weighted by atomic mass is 32.2. The third-order valence-electron chi connectivity index (χ3n) is 2.97. The van der Waals surface area contributed by atoms with Gasteiger partial charge in [-0.1, -0.05) is 18.6 Å². The van der Waals surface area contributed by atoms with Crippen LogP contribution in [-0.4, -0.2) is 31.5 Å². The summed E-state index contributed by atoms with van der Waals surface area (Å²) >= 11 is 1.91. The van der Waals surface area contributed by atoms with Gasteiger partial charge in [-0.25, -0.2) is 0 Å². The van der Waals surface area contributed by atoms with E-state index in [2.05, 4.69) is 16.9 Å². The molecule has 0 heterocycles. The first-order chi connectivity index (χ1) is 9.27. The molecule has 19 heavy (non-hydrogen) atoms. The first-order valence-electron chi connectivity index (χ1n) is 6.78. The van der Waals surface area contributed by atoms with Crippen molar-refractivity contribution in [1.82, 2.24) is 10.6 Å². The molecule has 0 aliphatic heterocycles. The van der Waals surface area contributed by atoms with E-state index >= 15 is 0 Å². The SMILES string of the molecule is CNC(=O)c1ccc(CNCCCCCSC)cc1. The van der Waals surface area contributed by atoms with Gasteiger partial charge in [0.15, 0.2) is 0 Å². The molecule has 0 aliphatic carbocycles. The topological polar surface area (TPSA) is 41.1 Å². The molecule has 0 saturated carbocycles. The molecule has 0 atom stereocenters. The monoisotopic (exact) mass is 280 g/mol. The molecule has 1 rings (SSSR count). The Bertz CT molecular complexity index is 365. The predicted molar refractivity (Wildman–Crippen MR) is 83.8 cm³/mol. The van der Waals surface area contributed by atoms with E-state index < -0.39 is 0 Å².